The van der Waals surface area contributed by atoms with Gasteiger partial charge in [-0.1, -0.05) is 62.2 Å². The first-order valence-electron chi connectivity index (χ1n) is 15.3. The molecular formula is C36H46N4O2. The van der Waals surface area contributed by atoms with Crippen LogP contribution >= 0.6 is 0 Å². The monoisotopic (exact) mass is 566 g/mol. The minimum atomic E-state index is -0.111. The van der Waals surface area contributed by atoms with Gasteiger partial charge in [0, 0.05) is 61.6 Å². The number of anilines is 1. The molecule has 0 saturated carbocycles. The molecule has 6 nitrogen and oxygen atoms in total. The second kappa shape index (κ2) is 14.7. The molecule has 6 heteroatoms. The number of aryl methyl sites for hydroxylation is 1. The van der Waals surface area contributed by atoms with Crippen LogP contribution in [-0.4, -0.2) is 59.8 Å². The Morgan fingerprint density at radius 2 is 1.52 bits per heavy atom. The van der Waals surface area contributed by atoms with Gasteiger partial charge in [-0.3, -0.25) is 9.59 Å². The van der Waals surface area contributed by atoms with Crippen molar-refractivity contribution in [2.24, 2.45) is 0 Å². The predicted molar refractivity (Wildman–Crippen MR) is 174 cm³/mol. The smallest absolute Gasteiger partial charge is 0.254 e. The van der Waals surface area contributed by atoms with Crippen molar-refractivity contribution in [3.05, 3.63) is 101 Å². The van der Waals surface area contributed by atoms with Gasteiger partial charge in [0.2, 0.25) is 5.91 Å². The lowest BCUT2D eigenvalue weighted by Crippen LogP contribution is -2.46. The molecule has 1 heterocycles. The molecule has 0 aliphatic carbocycles. The van der Waals surface area contributed by atoms with E-state index in [1.54, 1.807) is 4.90 Å². The van der Waals surface area contributed by atoms with Gasteiger partial charge in [-0.2, -0.15) is 0 Å². The highest BCUT2D eigenvalue weighted by atomic mass is 16.2. The number of aromatic nitrogens is 1. The zero-order valence-corrected chi connectivity index (χ0v) is 25.9. The second-order valence-corrected chi connectivity index (χ2v) is 11.7. The van der Waals surface area contributed by atoms with E-state index in [0.717, 1.165) is 36.0 Å². The number of carbonyl (C=O) groups is 2. The molecule has 4 rings (SSSR count). The van der Waals surface area contributed by atoms with Gasteiger partial charge in [0.15, 0.2) is 0 Å². The highest BCUT2D eigenvalue weighted by molar-refractivity contribution is 5.96. The van der Waals surface area contributed by atoms with Crippen LogP contribution in [0.15, 0.2) is 79.0 Å². The molecule has 2 amide bonds. The summed E-state index contributed by atoms with van der Waals surface area (Å²) in [6.45, 7) is 7.23. The fourth-order valence-corrected chi connectivity index (χ4v) is 5.30. The predicted octanol–water partition coefficient (Wildman–Crippen LogP) is 7.09. The minimum absolute atomic E-state index is 0.0401. The third kappa shape index (κ3) is 8.03. The van der Waals surface area contributed by atoms with Crippen molar-refractivity contribution >= 4 is 28.4 Å². The van der Waals surface area contributed by atoms with Gasteiger partial charge < -0.3 is 19.7 Å². The SMILES string of the molecule is CCCCCc1ccc(C(=O)N(CC(=O)N(CCc2c[nH]c3ccccc23)Cc2ccc(N(C)C)cc2)C(C)C)cc1. The Hall–Kier alpha value is -4.06. The molecule has 3 aromatic carbocycles. The topological polar surface area (TPSA) is 59.7 Å². The molecule has 222 valence electrons. The van der Waals surface area contributed by atoms with E-state index < -0.39 is 0 Å². The van der Waals surface area contributed by atoms with Crippen molar-refractivity contribution in [3.63, 3.8) is 0 Å². The van der Waals surface area contributed by atoms with E-state index in [1.807, 2.05) is 75.4 Å². The summed E-state index contributed by atoms with van der Waals surface area (Å²) in [7, 11) is 4.03. The van der Waals surface area contributed by atoms with Crippen molar-refractivity contribution in [2.45, 2.75) is 65.5 Å². The number of H-pyrrole nitrogens is 1. The number of carbonyl (C=O) groups excluding carboxylic acids is 2. The standard InChI is InChI=1S/C36H46N4O2/c1-6-7-8-11-28-14-18-30(19-15-28)36(42)40(27(2)3)26-35(41)39(25-29-16-20-32(21-17-29)38(4)5)23-22-31-24-37-34-13-10-9-12-33(31)34/h9-10,12-21,24,27,37H,6-8,11,22-23,25-26H2,1-5H3. The number of unbranched alkanes of at least 4 members (excludes halogenated alkanes) is 2. The van der Waals surface area contributed by atoms with E-state index >= 15 is 0 Å². The van der Waals surface area contributed by atoms with Crippen LogP contribution in [0.3, 0.4) is 0 Å². The lowest BCUT2D eigenvalue weighted by molar-refractivity contribution is -0.132. The van der Waals surface area contributed by atoms with E-state index in [4.69, 9.17) is 0 Å². The number of benzene rings is 3. The number of amides is 2. The quantitative estimate of drug-likeness (QED) is 0.166. The summed E-state index contributed by atoms with van der Waals surface area (Å²) in [4.78, 5) is 36.5. The molecule has 0 spiro atoms. The number of nitrogens with one attached hydrogen (secondary N) is 1. The highest BCUT2D eigenvalue weighted by Crippen LogP contribution is 2.20. The van der Waals surface area contributed by atoms with Crippen LogP contribution in [0.5, 0.6) is 0 Å². The minimum Gasteiger partial charge on any atom is -0.378 e. The molecule has 0 bridgehead atoms. The van der Waals surface area contributed by atoms with Crippen molar-refractivity contribution in [2.75, 3.05) is 32.1 Å². The van der Waals surface area contributed by atoms with Crippen LogP contribution in [0.25, 0.3) is 10.9 Å². The van der Waals surface area contributed by atoms with Crippen LogP contribution in [-0.2, 0) is 24.2 Å². The highest BCUT2D eigenvalue weighted by Gasteiger charge is 2.25. The van der Waals surface area contributed by atoms with Crippen LogP contribution in [0.4, 0.5) is 5.69 Å². The lowest BCUT2D eigenvalue weighted by Gasteiger charge is -2.30. The van der Waals surface area contributed by atoms with Gasteiger partial charge in [-0.15, -0.1) is 0 Å². The number of hydrogen-bond donors (Lipinski definition) is 1. The summed E-state index contributed by atoms with van der Waals surface area (Å²) in [5.74, 6) is -0.157. The van der Waals surface area contributed by atoms with Crippen molar-refractivity contribution < 1.29 is 9.59 Å². The fourth-order valence-electron chi connectivity index (χ4n) is 5.30. The van der Waals surface area contributed by atoms with Gasteiger partial charge in [-0.05, 0) is 80.1 Å². The van der Waals surface area contributed by atoms with Gasteiger partial charge in [-0.25, -0.2) is 0 Å². The van der Waals surface area contributed by atoms with Crippen LogP contribution in [0.1, 0.15) is 67.1 Å². The molecule has 42 heavy (non-hydrogen) atoms. The Bertz CT molecular complexity index is 1440. The fraction of sp³-hybridized carbons (Fsp3) is 0.389. The summed E-state index contributed by atoms with van der Waals surface area (Å²) in [6, 6.07) is 24.4. The van der Waals surface area contributed by atoms with E-state index in [1.165, 1.54) is 29.4 Å². The van der Waals surface area contributed by atoms with Gasteiger partial charge in [0.05, 0.1) is 0 Å². The molecule has 0 aliphatic rings. The summed E-state index contributed by atoms with van der Waals surface area (Å²) >= 11 is 0. The summed E-state index contributed by atoms with van der Waals surface area (Å²) in [6.07, 6.45) is 7.34. The maximum Gasteiger partial charge on any atom is 0.254 e. The van der Waals surface area contributed by atoms with Gasteiger partial charge >= 0.3 is 0 Å². The molecule has 0 unspecified atom stereocenters. The van der Waals surface area contributed by atoms with Gasteiger partial charge in [0.25, 0.3) is 5.91 Å². The van der Waals surface area contributed by atoms with Crippen LogP contribution in [0, 0.1) is 0 Å². The number of hydrogen-bond acceptors (Lipinski definition) is 3. The molecule has 4 aromatic rings. The average Bonchev–Trinajstić information content (AvgIpc) is 3.41. The van der Waals surface area contributed by atoms with E-state index in [9.17, 15) is 9.59 Å². The first-order valence-corrected chi connectivity index (χ1v) is 15.3. The molecule has 0 saturated heterocycles. The Morgan fingerprint density at radius 1 is 0.833 bits per heavy atom. The van der Waals surface area contributed by atoms with Crippen LogP contribution < -0.4 is 4.90 Å². The largest absolute Gasteiger partial charge is 0.378 e. The average molecular weight is 567 g/mol. The number of aromatic amines is 1. The molecule has 0 atom stereocenters. The summed E-state index contributed by atoms with van der Waals surface area (Å²) in [5.41, 5.74) is 6.33. The van der Waals surface area contributed by atoms with Gasteiger partial charge in [0.1, 0.15) is 6.54 Å². The Morgan fingerprint density at radius 3 is 2.19 bits per heavy atom. The zero-order chi connectivity index (χ0) is 30.1. The lowest BCUT2D eigenvalue weighted by atomic mass is 10.0. The Kier molecular flexibility index (Phi) is 10.8. The maximum atomic E-state index is 13.9. The summed E-state index contributed by atoms with van der Waals surface area (Å²) in [5, 5.41) is 1.18. The normalized spacial score (nSPS) is 11.2. The summed E-state index contributed by atoms with van der Waals surface area (Å²) < 4.78 is 0. The number of fused-ring (bicyclic) bond motifs is 1. The Balaban J connectivity index is 1.51. The van der Waals surface area contributed by atoms with E-state index in [2.05, 4.69) is 53.2 Å². The molecule has 1 aromatic heterocycles. The number of nitrogens with zero attached hydrogens (tertiary/aromatic N) is 3. The van der Waals surface area contributed by atoms with Crippen molar-refractivity contribution in [1.29, 1.82) is 0 Å². The first-order chi connectivity index (χ1) is 20.3. The third-order valence-corrected chi connectivity index (χ3v) is 7.96. The Labute approximate surface area is 251 Å². The van der Waals surface area contributed by atoms with Crippen LogP contribution in [0.2, 0.25) is 0 Å². The molecule has 1 N–H and O–H groups in total. The van der Waals surface area contributed by atoms with E-state index in [0.29, 0.717) is 18.7 Å². The zero-order valence-electron chi connectivity index (χ0n) is 25.9. The second-order valence-electron chi connectivity index (χ2n) is 11.7. The molecule has 0 radical (unpaired) electrons. The molecule has 0 aliphatic heterocycles. The first kappa shape index (κ1) is 30.9. The maximum absolute atomic E-state index is 13.9. The van der Waals surface area contributed by atoms with E-state index in [-0.39, 0.29) is 24.4 Å². The molecular weight excluding hydrogens is 520 g/mol. The number of para-hydroxylation sites is 1. The number of rotatable bonds is 14. The van der Waals surface area contributed by atoms with Crippen molar-refractivity contribution in [3.8, 4) is 0 Å². The van der Waals surface area contributed by atoms with Crippen molar-refractivity contribution in [1.82, 2.24) is 14.8 Å². The molecule has 0 fully saturated rings. The third-order valence-electron chi connectivity index (χ3n) is 7.96.